The van der Waals surface area contributed by atoms with Gasteiger partial charge in [0.1, 0.15) is 0 Å². The predicted octanol–water partition coefficient (Wildman–Crippen LogP) is 4.48. The molecule has 7 heteroatoms. The molecule has 1 aromatic heterocycles. The number of anilines is 3. The lowest BCUT2D eigenvalue weighted by Gasteiger charge is -2.28. The van der Waals surface area contributed by atoms with Crippen LogP contribution in [0.25, 0.3) is 0 Å². The Bertz CT molecular complexity index is 895. The maximum Gasteiger partial charge on any atom is 0.247 e. The zero-order chi connectivity index (χ0) is 17.2. The molecule has 2 aromatic carbocycles. The van der Waals surface area contributed by atoms with Crippen LogP contribution in [-0.4, -0.2) is 21.7 Å². The summed E-state index contributed by atoms with van der Waals surface area (Å²) in [6, 6.07) is 13.8. The molecular weight excluding hydrogens is 357 g/mol. The minimum atomic E-state index is 0.527. The minimum Gasteiger partial charge on any atom is -0.336 e. The maximum atomic E-state index is 6.20. The number of nitrogens with one attached hydrogen (secondary N) is 1. The van der Waals surface area contributed by atoms with Gasteiger partial charge in [-0.15, -0.1) is 5.10 Å². The van der Waals surface area contributed by atoms with Gasteiger partial charge >= 0.3 is 0 Å². The van der Waals surface area contributed by atoms with Gasteiger partial charge in [-0.3, -0.25) is 0 Å². The van der Waals surface area contributed by atoms with E-state index in [1.165, 1.54) is 11.1 Å². The largest absolute Gasteiger partial charge is 0.336 e. The van der Waals surface area contributed by atoms with E-state index >= 15 is 0 Å². The summed E-state index contributed by atoms with van der Waals surface area (Å²) in [6.45, 7) is 1.63. The summed E-state index contributed by atoms with van der Waals surface area (Å²) in [5.41, 5.74) is 3.29. The van der Waals surface area contributed by atoms with Crippen LogP contribution in [0.3, 0.4) is 0 Å². The van der Waals surface area contributed by atoms with E-state index in [0.717, 1.165) is 19.5 Å². The monoisotopic (exact) mass is 371 g/mol. The van der Waals surface area contributed by atoms with Crippen LogP contribution in [-0.2, 0) is 13.0 Å². The topological polar surface area (TPSA) is 53.9 Å². The molecule has 1 aliphatic rings. The van der Waals surface area contributed by atoms with Crippen LogP contribution >= 0.6 is 23.2 Å². The molecule has 1 N–H and O–H groups in total. The van der Waals surface area contributed by atoms with Crippen molar-refractivity contribution in [3.63, 3.8) is 0 Å². The number of benzene rings is 2. The minimum absolute atomic E-state index is 0.527. The Morgan fingerprint density at radius 2 is 1.72 bits per heavy atom. The van der Waals surface area contributed by atoms with Crippen LogP contribution < -0.4 is 10.2 Å². The van der Waals surface area contributed by atoms with Gasteiger partial charge in [0.15, 0.2) is 5.82 Å². The fraction of sp³-hybridized carbons (Fsp3) is 0.167. The molecule has 3 aromatic rings. The molecule has 126 valence electrons. The molecule has 0 atom stereocenters. The van der Waals surface area contributed by atoms with Gasteiger partial charge < -0.3 is 10.2 Å². The van der Waals surface area contributed by atoms with Crippen LogP contribution in [0, 0.1) is 0 Å². The number of rotatable bonds is 3. The van der Waals surface area contributed by atoms with E-state index < -0.39 is 0 Å². The van der Waals surface area contributed by atoms with Gasteiger partial charge in [-0.05, 0) is 29.7 Å². The molecule has 0 amide bonds. The van der Waals surface area contributed by atoms with Gasteiger partial charge in [0, 0.05) is 13.1 Å². The first-order valence-corrected chi connectivity index (χ1v) is 8.69. The lowest BCUT2D eigenvalue weighted by Crippen LogP contribution is -2.32. The Morgan fingerprint density at radius 1 is 0.960 bits per heavy atom. The van der Waals surface area contributed by atoms with E-state index in [2.05, 4.69) is 49.7 Å². The number of aromatic nitrogens is 3. The summed E-state index contributed by atoms with van der Waals surface area (Å²) in [7, 11) is 0. The summed E-state index contributed by atoms with van der Waals surface area (Å²) >= 11 is 12.4. The molecule has 0 unspecified atom stereocenters. The summed E-state index contributed by atoms with van der Waals surface area (Å²) < 4.78 is 0. The van der Waals surface area contributed by atoms with Crippen molar-refractivity contribution in [3.05, 3.63) is 69.8 Å². The van der Waals surface area contributed by atoms with E-state index in [0.29, 0.717) is 27.5 Å². The average molecular weight is 372 g/mol. The Morgan fingerprint density at radius 3 is 2.52 bits per heavy atom. The molecule has 0 fully saturated rings. The second kappa shape index (κ2) is 6.86. The summed E-state index contributed by atoms with van der Waals surface area (Å²) in [6.07, 6.45) is 2.52. The molecule has 2 heterocycles. The molecule has 0 saturated carbocycles. The molecule has 0 spiro atoms. The highest BCUT2D eigenvalue weighted by Crippen LogP contribution is 2.32. The SMILES string of the molecule is Clc1cccc(Cl)c1Nc1cnnc(N2CCc3ccccc3C2)n1. The highest BCUT2D eigenvalue weighted by atomic mass is 35.5. The van der Waals surface area contributed by atoms with Gasteiger partial charge in [0.05, 0.1) is 21.9 Å². The van der Waals surface area contributed by atoms with Crippen molar-refractivity contribution in [2.45, 2.75) is 13.0 Å². The maximum absolute atomic E-state index is 6.20. The zero-order valence-corrected chi connectivity index (χ0v) is 14.8. The molecular formula is C18H15Cl2N5. The van der Waals surface area contributed by atoms with Crippen LogP contribution in [0.15, 0.2) is 48.7 Å². The number of hydrogen-bond acceptors (Lipinski definition) is 5. The van der Waals surface area contributed by atoms with E-state index in [4.69, 9.17) is 23.2 Å². The lowest BCUT2D eigenvalue weighted by molar-refractivity contribution is 0.698. The third-order valence-electron chi connectivity index (χ3n) is 4.18. The van der Waals surface area contributed by atoms with Gasteiger partial charge in [-0.2, -0.15) is 10.1 Å². The highest BCUT2D eigenvalue weighted by Gasteiger charge is 2.19. The second-order valence-electron chi connectivity index (χ2n) is 5.80. The van der Waals surface area contributed by atoms with Gasteiger partial charge in [-0.1, -0.05) is 53.5 Å². The van der Waals surface area contributed by atoms with Crippen molar-refractivity contribution >= 4 is 40.7 Å². The van der Waals surface area contributed by atoms with Crippen LogP contribution in [0.5, 0.6) is 0 Å². The quantitative estimate of drug-likeness (QED) is 0.735. The fourth-order valence-electron chi connectivity index (χ4n) is 2.90. The first-order valence-electron chi connectivity index (χ1n) is 7.93. The van der Waals surface area contributed by atoms with Gasteiger partial charge in [0.2, 0.25) is 5.95 Å². The first-order chi connectivity index (χ1) is 12.2. The molecule has 1 aliphatic heterocycles. The number of hydrogen-bond donors (Lipinski definition) is 1. The summed E-state index contributed by atoms with van der Waals surface area (Å²) in [4.78, 5) is 6.69. The Kier molecular flexibility index (Phi) is 4.42. The van der Waals surface area contributed by atoms with Gasteiger partial charge in [0.25, 0.3) is 0 Å². The van der Waals surface area contributed by atoms with E-state index in [1.54, 1.807) is 24.4 Å². The number of halogens is 2. The summed E-state index contributed by atoms with van der Waals surface area (Å²) in [5, 5.41) is 12.4. The van der Waals surface area contributed by atoms with E-state index in [9.17, 15) is 0 Å². The number of fused-ring (bicyclic) bond motifs is 1. The molecule has 5 nitrogen and oxygen atoms in total. The van der Waals surface area contributed by atoms with Crippen LogP contribution in [0.4, 0.5) is 17.5 Å². The lowest BCUT2D eigenvalue weighted by atomic mass is 10.0. The zero-order valence-electron chi connectivity index (χ0n) is 13.3. The Labute approximate surface area is 155 Å². The molecule has 0 aliphatic carbocycles. The molecule has 25 heavy (non-hydrogen) atoms. The van der Waals surface area contributed by atoms with Crippen LogP contribution in [0.2, 0.25) is 10.0 Å². The third-order valence-corrected chi connectivity index (χ3v) is 4.81. The Balaban J connectivity index is 1.58. The highest BCUT2D eigenvalue weighted by molar-refractivity contribution is 6.39. The van der Waals surface area contributed by atoms with Crippen LogP contribution in [0.1, 0.15) is 11.1 Å². The van der Waals surface area contributed by atoms with E-state index in [-0.39, 0.29) is 0 Å². The number of para-hydroxylation sites is 1. The predicted molar refractivity (Wildman–Crippen MR) is 101 cm³/mol. The summed E-state index contributed by atoms with van der Waals surface area (Å²) in [5.74, 6) is 1.14. The third kappa shape index (κ3) is 3.38. The van der Waals surface area contributed by atoms with Crippen molar-refractivity contribution in [3.8, 4) is 0 Å². The van der Waals surface area contributed by atoms with Crippen molar-refractivity contribution in [1.29, 1.82) is 0 Å². The van der Waals surface area contributed by atoms with Crippen molar-refractivity contribution in [2.24, 2.45) is 0 Å². The van der Waals surface area contributed by atoms with Crippen molar-refractivity contribution in [1.82, 2.24) is 15.2 Å². The molecule has 0 bridgehead atoms. The Hall–Kier alpha value is -2.37. The first kappa shape index (κ1) is 16.1. The normalized spacial score (nSPS) is 13.4. The molecule has 0 saturated heterocycles. The van der Waals surface area contributed by atoms with Crippen molar-refractivity contribution in [2.75, 3.05) is 16.8 Å². The average Bonchev–Trinajstić information content (AvgIpc) is 2.65. The smallest absolute Gasteiger partial charge is 0.247 e. The molecule has 4 rings (SSSR count). The second-order valence-corrected chi connectivity index (χ2v) is 6.62. The fourth-order valence-corrected chi connectivity index (χ4v) is 3.39. The van der Waals surface area contributed by atoms with Crippen molar-refractivity contribution < 1.29 is 0 Å². The number of nitrogens with zero attached hydrogens (tertiary/aromatic N) is 4. The standard InChI is InChI=1S/C18H15Cl2N5/c19-14-6-3-7-15(20)17(14)22-16-10-21-24-18(23-16)25-9-8-12-4-1-2-5-13(12)11-25/h1-7,10H,8-9,11H2,(H,22,23,24). The van der Waals surface area contributed by atoms with Gasteiger partial charge in [-0.25, -0.2) is 0 Å². The molecule has 0 radical (unpaired) electrons. The van der Waals surface area contributed by atoms with E-state index in [1.807, 2.05) is 0 Å².